The second kappa shape index (κ2) is 12.9. The molecule has 2 amide bonds. The number of rotatable bonds is 4. The van der Waals surface area contributed by atoms with Crippen LogP contribution in [0.3, 0.4) is 0 Å². The summed E-state index contributed by atoms with van der Waals surface area (Å²) in [4.78, 5) is 49.2. The third kappa shape index (κ3) is 8.16. The van der Waals surface area contributed by atoms with Gasteiger partial charge >= 0.3 is 23.9 Å². The van der Waals surface area contributed by atoms with E-state index in [1.165, 1.54) is 28.4 Å². The quantitative estimate of drug-likeness (QED) is 0.430. The molecule has 0 aliphatic rings. The molecule has 0 saturated carbocycles. The average molecular weight is 619 g/mol. The Balaban J connectivity index is 0.000000333. The van der Waals surface area contributed by atoms with Crippen molar-refractivity contribution < 1.29 is 27.5 Å². The predicted molar refractivity (Wildman–Crippen MR) is 149 cm³/mol. The van der Waals surface area contributed by atoms with Crippen molar-refractivity contribution in [2.45, 2.75) is 52.3 Å². The Labute approximate surface area is 242 Å². The van der Waals surface area contributed by atoms with Gasteiger partial charge < -0.3 is 10.1 Å². The summed E-state index contributed by atoms with van der Waals surface area (Å²) in [5.74, 6) is -0.788. The number of benzene rings is 1. The van der Waals surface area contributed by atoms with Crippen molar-refractivity contribution in [2.75, 3.05) is 19.0 Å². The van der Waals surface area contributed by atoms with Gasteiger partial charge in [0.25, 0.3) is 5.56 Å². The lowest BCUT2D eigenvalue weighted by atomic mass is 9.98. The highest BCUT2D eigenvalue weighted by atomic mass is 35.5. The average Bonchev–Trinajstić information content (AvgIpc) is 3.36. The van der Waals surface area contributed by atoms with Gasteiger partial charge in [0.15, 0.2) is 0 Å². The Morgan fingerprint density at radius 1 is 1.12 bits per heavy atom. The van der Waals surface area contributed by atoms with E-state index in [9.17, 15) is 32.3 Å². The first kappa shape index (κ1) is 33.5. The smallest absolute Gasteiger partial charge is 0.431 e. The van der Waals surface area contributed by atoms with E-state index < -0.39 is 35.2 Å². The zero-order valence-electron chi connectivity index (χ0n) is 23.6. The zero-order valence-corrected chi connectivity index (χ0v) is 25.2. The van der Waals surface area contributed by atoms with Crippen LogP contribution in [0.2, 0.25) is 5.02 Å². The number of nitrogens with zero attached hydrogens (tertiary/aromatic N) is 5. The number of aromatic nitrogens is 4. The Morgan fingerprint density at radius 2 is 1.73 bits per heavy atom. The summed E-state index contributed by atoms with van der Waals surface area (Å²) in [7, 11) is 4.15. The van der Waals surface area contributed by atoms with Crippen molar-refractivity contribution in [1.29, 1.82) is 0 Å². The van der Waals surface area contributed by atoms with Crippen molar-refractivity contribution in [2.24, 2.45) is 7.05 Å². The van der Waals surface area contributed by atoms with Gasteiger partial charge in [-0.3, -0.25) is 14.3 Å². The van der Waals surface area contributed by atoms with Crippen LogP contribution in [0.5, 0.6) is 0 Å². The fourth-order valence-electron chi connectivity index (χ4n) is 3.13. The van der Waals surface area contributed by atoms with Crippen LogP contribution >= 0.6 is 22.9 Å². The highest BCUT2D eigenvalue weighted by molar-refractivity contribution is 7.15. The van der Waals surface area contributed by atoms with Gasteiger partial charge in [0, 0.05) is 32.6 Å². The van der Waals surface area contributed by atoms with Crippen LogP contribution in [0.1, 0.15) is 55.7 Å². The first-order valence-corrected chi connectivity index (χ1v) is 13.2. The van der Waals surface area contributed by atoms with Crippen molar-refractivity contribution in [1.82, 2.24) is 24.6 Å². The van der Waals surface area contributed by atoms with Gasteiger partial charge in [-0.1, -0.05) is 43.7 Å². The fourth-order valence-corrected chi connectivity index (χ4v) is 4.19. The number of urea groups is 1. The second-order valence-electron chi connectivity index (χ2n) is 9.91. The number of hydrogen-bond donors (Lipinski definition) is 1. The van der Waals surface area contributed by atoms with Crippen LogP contribution in [0, 0.1) is 0 Å². The number of anilines is 1. The van der Waals surface area contributed by atoms with Crippen LogP contribution in [0.15, 0.2) is 33.9 Å². The lowest BCUT2D eigenvalue weighted by Gasteiger charge is -2.15. The Bertz CT molecular complexity index is 1540. The van der Waals surface area contributed by atoms with Gasteiger partial charge in [-0.25, -0.2) is 19.0 Å². The van der Waals surface area contributed by atoms with Gasteiger partial charge in [-0.15, -0.1) is 10.2 Å². The summed E-state index contributed by atoms with van der Waals surface area (Å²) in [5, 5.41) is 12.1. The largest absolute Gasteiger partial charge is 0.459 e. The number of nitrogens with one attached hydrogen (secondary N) is 1. The van der Waals surface area contributed by atoms with Gasteiger partial charge in [0.2, 0.25) is 5.13 Å². The molecule has 0 bridgehead atoms. The molecule has 0 aliphatic carbocycles. The van der Waals surface area contributed by atoms with Crippen LogP contribution in [-0.2, 0) is 23.4 Å². The summed E-state index contributed by atoms with van der Waals surface area (Å²) >= 11 is 7.37. The molecule has 224 valence electrons. The number of carbonyl (C=O) groups excluding carboxylic acids is 2. The Kier molecular flexibility index (Phi) is 10.5. The minimum absolute atomic E-state index is 0.0104. The number of ether oxygens (including phenoxy) is 1. The number of hydrogen-bond acceptors (Lipinski definition) is 8. The lowest BCUT2D eigenvalue weighted by Crippen LogP contribution is -2.40. The third-order valence-corrected chi connectivity index (χ3v) is 7.00. The maximum atomic E-state index is 12.9. The molecule has 0 fully saturated rings. The van der Waals surface area contributed by atoms with E-state index in [0.29, 0.717) is 20.3 Å². The van der Waals surface area contributed by atoms with Crippen LogP contribution in [-0.4, -0.2) is 51.5 Å². The van der Waals surface area contributed by atoms with E-state index in [2.05, 4.69) is 36.3 Å². The first-order chi connectivity index (χ1) is 18.8. The van der Waals surface area contributed by atoms with E-state index in [4.69, 9.17) is 16.3 Å². The second-order valence-corrected chi connectivity index (χ2v) is 11.3. The number of amides is 2. The molecule has 41 heavy (non-hydrogen) atoms. The molecule has 0 saturated heterocycles. The maximum absolute atomic E-state index is 12.9. The molecule has 0 unspecified atom stereocenters. The van der Waals surface area contributed by atoms with Crippen LogP contribution in [0.4, 0.5) is 23.1 Å². The summed E-state index contributed by atoms with van der Waals surface area (Å²) in [6.45, 7) is 9.43. The SMILES string of the molecule is CC(C)OC(=O)c1cc(-n2c(=O)cc(C(F)(F)F)n(C)c2=O)ccc1Cl.CNC(=O)N(C)c1nnc(C(C)(C)C)s1. The zero-order chi connectivity index (χ0) is 31.4. The van der Waals surface area contributed by atoms with Crippen molar-refractivity contribution >= 4 is 40.1 Å². The number of halogens is 4. The first-order valence-electron chi connectivity index (χ1n) is 12.0. The molecule has 16 heteroatoms. The summed E-state index contributed by atoms with van der Waals surface area (Å²) in [6, 6.07) is 3.72. The highest BCUT2D eigenvalue weighted by Gasteiger charge is 2.35. The minimum atomic E-state index is -4.86. The van der Waals surface area contributed by atoms with E-state index in [0.717, 1.165) is 18.1 Å². The maximum Gasteiger partial charge on any atom is 0.431 e. The normalized spacial score (nSPS) is 11.5. The van der Waals surface area contributed by atoms with E-state index in [-0.39, 0.29) is 27.7 Å². The molecular formula is C25H30ClF3N6O5S. The molecule has 3 rings (SSSR count). The summed E-state index contributed by atoms with van der Waals surface area (Å²) in [5.41, 5.74) is -4.03. The fraction of sp³-hybridized carbons (Fsp3) is 0.440. The summed E-state index contributed by atoms with van der Waals surface area (Å²) in [6.07, 6.45) is -5.30. The molecule has 0 radical (unpaired) electrons. The molecular weight excluding hydrogens is 589 g/mol. The van der Waals surface area contributed by atoms with E-state index in [1.807, 2.05) is 0 Å². The predicted octanol–water partition coefficient (Wildman–Crippen LogP) is 4.38. The number of esters is 1. The molecule has 11 nitrogen and oxygen atoms in total. The molecule has 1 aromatic carbocycles. The lowest BCUT2D eigenvalue weighted by molar-refractivity contribution is -0.144. The Morgan fingerprint density at radius 3 is 2.22 bits per heavy atom. The topological polar surface area (TPSA) is 128 Å². The van der Waals surface area contributed by atoms with Crippen molar-refractivity contribution in [3.05, 3.63) is 66.4 Å². The third-order valence-electron chi connectivity index (χ3n) is 5.24. The van der Waals surface area contributed by atoms with Crippen molar-refractivity contribution in [3.63, 3.8) is 0 Å². The summed E-state index contributed by atoms with van der Waals surface area (Å²) < 4.78 is 44.5. The molecule has 2 heterocycles. The van der Waals surface area contributed by atoms with Crippen LogP contribution < -0.4 is 21.5 Å². The number of carbonyl (C=O) groups is 2. The van der Waals surface area contributed by atoms with Crippen molar-refractivity contribution in [3.8, 4) is 5.69 Å². The van der Waals surface area contributed by atoms with Gasteiger partial charge in [-0.05, 0) is 32.0 Å². The van der Waals surface area contributed by atoms with Gasteiger partial charge in [0.05, 0.1) is 22.4 Å². The molecule has 1 N–H and O–H groups in total. The van der Waals surface area contributed by atoms with E-state index in [1.54, 1.807) is 27.9 Å². The number of alkyl halides is 3. The molecule has 3 aromatic rings. The molecule has 2 aromatic heterocycles. The van der Waals surface area contributed by atoms with Gasteiger partial charge in [0.1, 0.15) is 10.7 Å². The van der Waals surface area contributed by atoms with Crippen LogP contribution in [0.25, 0.3) is 5.69 Å². The monoisotopic (exact) mass is 618 g/mol. The standard InChI is InChI=1S/C16H14ClF3N2O4.C9H16N4OS/c1-8(2)26-14(24)10-6-9(4-5-11(10)17)22-13(23)7-12(16(18,19)20)21(3)15(22)25;1-9(2,3)6-11-12-8(15-6)13(5)7(14)10-4/h4-8H,1-3H3;1-5H3,(H,10,14). The molecule has 0 atom stereocenters. The highest BCUT2D eigenvalue weighted by Crippen LogP contribution is 2.29. The molecule has 0 aliphatic heterocycles. The molecule has 0 spiro atoms. The van der Waals surface area contributed by atoms with E-state index >= 15 is 0 Å². The minimum Gasteiger partial charge on any atom is -0.459 e. The van der Waals surface area contributed by atoms with Gasteiger partial charge in [-0.2, -0.15) is 13.2 Å². The Hall–Kier alpha value is -3.72.